The number of hydrogen-bond acceptors (Lipinski definition) is 4. The summed E-state index contributed by atoms with van der Waals surface area (Å²) in [4.78, 5) is 7.96. The summed E-state index contributed by atoms with van der Waals surface area (Å²) < 4.78 is 13.6. The first kappa shape index (κ1) is 11.6. The molecule has 88 valence electrons. The highest BCUT2D eigenvalue weighted by atomic mass is 79.9. The minimum Gasteiger partial charge on any atom is -0.395 e. The first-order valence-corrected chi connectivity index (χ1v) is 5.92. The third-order valence-electron chi connectivity index (χ3n) is 2.80. The van der Waals surface area contributed by atoms with Gasteiger partial charge in [0.2, 0.25) is 5.95 Å². The van der Waals surface area contributed by atoms with E-state index in [0.717, 1.165) is 31.9 Å². The van der Waals surface area contributed by atoms with Crippen LogP contribution >= 0.6 is 15.9 Å². The average molecular weight is 289 g/mol. The predicted molar refractivity (Wildman–Crippen MR) is 66.0 cm³/mol. The Bertz CT molecular complexity index is 391. The van der Waals surface area contributed by atoms with Crippen LogP contribution in [0.25, 0.3) is 0 Å². The Morgan fingerprint density at radius 3 is 2.62 bits per heavy atom. The van der Waals surface area contributed by atoms with Gasteiger partial charge >= 0.3 is 0 Å². The summed E-state index contributed by atoms with van der Waals surface area (Å²) in [5.74, 6) is -0.505. The molecule has 0 unspecified atom stereocenters. The van der Waals surface area contributed by atoms with Crippen molar-refractivity contribution in [2.75, 3.05) is 43.9 Å². The van der Waals surface area contributed by atoms with Crippen molar-refractivity contribution < 1.29 is 4.39 Å². The van der Waals surface area contributed by atoms with E-state index in [1.807, 2.05) is 0 Å². The van der Waals surface area contributed by atoms with Crippen LogP contribution in [0.1, 0.15) is 0 Å². The fourth-order valence-electron chi connectivity index (χ4n) is 1.79. The number of nitrogen functional groups attached to an aromatic ring is 1. The lowest BCUT2D eigenvalue weighted by atomic mass is 10.2. The molecule has 0 bridgehead atoms. The summed E-state index contributed by atoms with van der Waals surface area (Å²) in [7, 11) is 2.07. The van der Waals surface area contributed by atoms with E-state index in [2.05, 4.69) is 37.8 Å². The molecule has 1 aromatic rings. The van der Waals surface area contributed by atoms with Crippen LogP contribution in [0.4, 0.5) is 15.8 Å². The van der Waals surface area contributed by atoms with Gasteiger partial charge in [0, 0.05) is 32.2 Å². The average Bonchev–Trinajstić information content (AvgIpc) is 2.25. The first-order chi connectivity index (χ1) is 7.58. The zero-order chi connectivity index (χ0) is 11.7. The second kappa shape index (κ2) is 4.55. The third-order valence-corrected chi connectivity index (χ3v) is 3.41. The molecule has 4 nitrogen and oxygen atoms in total. The Kier molecular flexibility index (Phi) is 3.30. The molecule has 1 fully saturated rings. The topological polar surface area (TPSA) is 45.4 Å². The largest absolute Gasteiger partial charge is 0.395 e. The summed E-state index contributed by atoms with van der Waals surface area (Å²) in [5, 5.41) is 0. The van der Waals surface area contributed by atoms with Crippen molar-refractivity contribution in [3.8, 4) is 0 Å². The Labute approximate surface area is 102 Å². The molecule has 0 aliphatic carbocycles. The van der Waals surface area contributed by atoms with Crippen LogP contribution in [0.5, 0.6) is 0 Å². The van der Waals surface area contributed by atoms with E-state index >= 15 is 0 Å². The molecule has 0 atom stereocenters. The van der Waals surface area contributed by atoms with Crippen molar-refractivity contribution >= 4 is 27.3 Å². The van der Waals surface area contributed by atoms with Gasteiger partial charge in [0.05, 0.1) is 11.4 Å². The van der Waals surface area contributed by atoms with Gasteiger partial charge in [-0.2, -0.15) is 4.39 Å². The maximum Gasteiger partial charge on any atom is 0.216 e. The van der Waals surface area contributed by atoms with E-state index in [0.29, 0.717) is 10.3 Å². The van der Waals surface area contributed by atoms with Crippen molar-refractivity contribution in [1.82, 2.24) is 9.88 Å². The molecule has 1 aromatic heterocycles. The number of piperazine rings is 1. The minimum atomic E-state index is -0.505. The van der Waals surface area contributed by atoms with Crippen LogP contribution < -0.4 is 10.6 Å². The van der Waals surface area contributed by atoms with Crippen LogP contribution in [0.2, 0.25) is 0 Å². The SMILES string of the molecule is CN1CCN(c2cc(F)nc(Br)c2N)CC1. The van der Waals surface area contributed by atoms with E-state index < -0.39 is 5.95 Å². The highest BCUT2D eigenvalue weighted by molar-refractivity contribution is 9.10. The number of nitrogens with zero attached hydrogens (tertiary/aromatic N) is 3. The Morgan fingerprint density at radius 1 is 1.38 bits per heavy atom. The van der Waals surface area contributed by atoms with E-state index in [1.54, 1.807) is 0 Å². The molecule has 0 aromatic carbocycles. The van der Waals surface area contributed by atoms with Crippen molar-refractivity contribution in [3.05, 3.63) is 16.6 Å². The second-order valence-corrected chi connectivity index (χ2v) is 4.71. The van der Waals surface area contributed by atoms with Gasteiger partial charge in [-0.05, 0) is 23.0 Å². The first-order valence-electron chi connectivity index (χ1n) is 5.13. The molecular formula is C10H14BrFN4. The quantitative estimate of drug-likeness (QED) is 0.792. The van der Waals surface area contributed by atoms with Gasteiger partial charge in [-0.15, -0.1) is 0 Å². The molecule has 0 radical (unpaired) electrons. The van der Waals surface area contributed by atoms with Gasteiger partial charge in [-0.3, -0.25) is 0 Å². The van der Waals surface area contributed by atoms with Gasteiger partial charge in [0.1, 0.15) is 4.60 Å². The van der Waals surface area contributed by atoms with Gasteiger partial charge in [-0.1, -0.05) is 0 Å². The minimum absolute atomic E-state index is 0.376. The Balaban J connectivity index is 2.26. The molecule has 2 N–H and O–H groups in total. The Morgan fingerprint density at radius 2 is 2.00 bits per heavy atom. The smallest absolute Gasteiger partial charge is 0.216 e. The van der Waals surface area contributed by atoms with Crippen molar-refractivity contribution in [3.63, 3.8) is 0 Å². The number of likely N-dealkylation sites (N-methyl/N-ethyl adjacent to an activating group) is 1. The summed E-state index contributed by atoms with van der Waals surface area (Å²) in [6.07, 6.45) is 0. The van der Waals surface area contributed by atoms with E-state index in [-0.39, 0.29) is 0 Å². The maximum absolute atomic E-state index is 13.2. The molecule has 1 saturated heterocycles. The molecule has 16 heavy (non-hydrogen) atoms. The molecule has 6 heteroatoms. The van der Waals surface area contributed by atoms with Crippen molar-refractivity contribution in [1.29, 1.82) is 0 Å². The second-order valence-electron chi connectivity index (χ2n) is 3.96. The highest BCUT2D eigenvalue weighted by Crippen LogP contribution is 2.30. The van der Waals surface area contributed by atoms with Crippen molar-refractivity contribution in [2.45, 2.75) is 0 Å². The van der Waals surface area contributed by atoms with Gasteiger partial charge in [0.15, 0.2) is 0 Å². The van der Waals surface area contributed by atoms with Crippen LogP contribution in [0, 0.1) is 5.95 Å². The number of rotatable bonds is 1. The predicted octanol–water partition coefficient (Wildman–Crippen LogP) is 1.32. The van der Waals surface area contributed by atoms with E-state index in [4.69, 9.17) is 5.73 Å². The molecule has 0 amide bonds. The number of anilines is 2. The third kappa shape index (κ3) is 2.27. The van der Waals surface area contributed by atoms with Crippen LogP contribution in [0.15, 0.2) is 10.7 Å². The highest BCUT2D eigenvalue weighted by Gasteiger charge is 2.18. The van der Waals surface area contributed by atoms with Crippen LogP contribution in [-0.2, 0) is 0 Å². The zero-order valence-electron chi connectivity index (χ0n) is 9.08. The summed E-state index contributed by atoms with van der Waals surface area (Å²) in [6, 6.07) is 1.39. The molecule has 0 saturated carbocycles. The van der Waals surface area contributed by atoms with Gasteiger partial charge < -0.3 is 15.5 Å². The molecule has 1 aliphatic heterocycles. The molecule has 2 heterocycles. The number of halogens is 2. The number of nitrogens with two attached hydrogens (primary N) is 1. The van der Waals surface area contributed by atoms with Crippen molar-refractivity contribution in [2.24, 2.45) is 0 Å². The molecule has 2 rings (SSSR count). The monoisotopic (exact) mass is 288 g/mol. The van der Waals surface area contributed by atoms with Crippen LogP contribution in [0.3, 0.4) is 0 Å². The number of pyridine rings is 1. The molecular weight excluding hydrogens is 275 g/mol. The number of aromatic nitrogens is 1. The van der Waals surface area contributed by atoms with Gasteiger partial charge in [-0.25, -0.2) is 4.98 Å². The lowest BCUT2D eigenvalue weighted by Gasteiger charge is -2.34. The Hall–Kier alpha value is -0.880. The fraction of sp³-hybridized carbons (Fsp3) is 0.500. The summed E-state index contributed by atoms with van der Waals surface area (Å²) >= 11 is 3.16. The fourth-order valence-corrected chi connectivity index (χ4v) is 2.16. The normalized spacial score (nSPS) is 17.8. The van der Waals surface area contributed by atoms with Gasteiger partial charge in [0.25, 0.3) is 0 Å². The summed E-state index contributed by atoms with van der Waals surface area (Å²) in [5.41, 5.74) is 7.12. The number of hydrogen-bond donors (Lipinski definition) is 1. The maximum atomic E-state index is 13.2. The molecule has 0 spiro atoms. The molecule has 1 aliphatic rings. The zero-order valence-corrected chi connectivity index (χ0v) is 10.7. The van der Waals surface area contributed by atoms with E-state index in [1.165, 1.54) is 6.07 Å². The lowest BCUT2D eigenvalue weighted by Crippen LogP contribution is -2.44. The lowest BCUT2D eigenvalue weighted by molar-refractivity contribution is 0.313. The summed E-state index contributed by atoms with van der Waals surface area (Å²) in [6.45, 7) is 3.63. The van der Waals surface area contributed by atoms with E-state index in [9.17, 15) is 4.39 Å². The standard InChI is InChI=1S/C10H14BrFN4/c1-15-2-4-16(5-3-15)7-6-8(12)14-10(11)9(7)13/h6H,2-5,13H2,1H3. The van der Waals surface area contributed by atoms with Crippen LogP contribution in [-0.4, -0.2) is 43.1 Å².